The minimum Gasteiger partial charge on any atom is -0.378 e. The first kappa shape index (κ1) is 55.6. The Morgan fingerprint density at radius 3 is 1.55 bits per heavy atom. The van der Waals surface area contributed by atoms with Crippen LogP contribution in [0.1, 0.15) is 74.7 Å². The molecule has 60 heavy (non-hydrogen) atoms. The Balaban J connectivity index is 4.59. The molecule has 0 bridgehead atoms. The Labute approximate surface area is 356 Å². The fourth-order valence-corrected chi connectivity index (χ4v) is 5.11. The van der Waals surface area contributed by atoms with E-state index in [1.165, 1.54) is 6.92 Å². The van der Waals surface area contributed by atoms with Crippen LogP contribution < -0.4 is 42.5 Å². The lowest BCUT2D eigenvalue weighted by molar-refractivity contribution is -0.134. The van der Waals surface area contributed by atoms with Crippen molar-refractivity contribution in [2.75, 3.05) is 85.6 Å². The van der Waals surface area contributed by atoms with Crippen LogP contribution in [-0.2, 0) is 52.5 Å². The van der Waals surface area contributed by atoms with E-state index in [0.717, 1.165) is 0 Å². The third-order valence-electron chi connectivity index (χ3n) is 8.26. The second kappa shape index (κ2) is 33.3. The Morgan fingerprint density at radius 2 is 0.983 bits per heavy atom. The average Bonchev–Trinajstić information content (AvgIpc) is 3.16. The van der Waals surface area contributed by atoms with Crippen molar-refractivity contribution < 1.29 is 52.5 Å². The van der Waals surface area contributed by atoms with Crippen molar-refractivity contribution in [1.82, 2.24) is 42.5 Å². The number of hydrogen-bond acceptors (Lipinski definition) is 12. The molecule has 0 heterocycles. The van der Waals surface area contributed by atoms with Crippen LogP contribution in [0.25, 0.3) is 0 Å². The van der Waals surface area contributed by atoms with E-state index in [-0.39, 0.29) is 81.1 Å². The van der Waals surface area contributed by atoms with Gasteiger partial charge in [0.25, 0.3) is 0 Å². The van der Waals surface area contributed by atoms with Crippen molar-refractivity contribution in [1.29, 1.82) is 0 Å². The highest BCUT2D eigenvalue weighted by Gasteiger charge is 2.28. The summed E-state index contributed by atoms with van der Waals surface area (Å²) in [6, 6.07) is -3.04. The molecular weight excluding hydrogens is 780 g/mol. The van der Waals surface area contributed by atoms with E-state index in [1.54, 1.807) is 20.8 Å². The highest BCUT2D eigenvalue weighted by molar-refractivity contribution is 5.94. The van der Waals surface area contributed by atoms with Crippen LogP contribution in [0.3, 0.4) is 0 Å². The number of carbonyl (C=O) groups is 7. The standard InChI is InChI=1S/C41H74N8O11/c1-27(2)22-33(24-42-14-16-57-18-20-59-25-35(50)43-12-11-13-44-37(52)29(5)6)48-39(54)32(10)47-41(56)34(23-28(3)4)49-40(55)31(9)46-36(51)26-60-21-19-58-17-15-45-38(53)30(7)8/h27-28,31-34,42H,5,7,11-26H2,1-4,6,8-10H3,(H,43,50)(H,44,52)(H,45,53)(H,46,51)(H,47,56)(H,48,54)(H,49,55). The second-order valence-corrected chi connectivity index (χ2v) is 15.4. The molecule has 19 heteroatoms. The Hall–Kier alpha value is -4.43. The van der Waals surface area contributed by atoms with E-state index in [9.17, 15) is 33.6 Å². The first-order chi connectivity index (χ1) is 28.3. The maximum atomic E-state index is 13.3. The molecule has 0 aliphatic rings. The Morgan fingerprint density at radius 1 is 0.500 bits per heavy atom. The number of rotatable bonds is 35. The van der Waals surface area contributed by atoms with E-state index in [4.69, 9.17) is 18.9 Å². The number of ether oxygens (including phenoxy) is 4. The highest BCUT2D eigenvalue weighted by Crippen LogP contribution is 2.07. The molecule has 7 amide bonds. The average molecular weight is 855 g/mol. The van der Waals surface area contributed by atoms with Crippen LogP contribution >= 0.6 is 0 Å². The van der Waals surface area contributed by atoms with Gasteiger partial charge in [0.05, 0.1) is 39.6 Å². The van der Waals surface area contributed by atoms with Gasteiger partial charge in [-0.3, -0.25) is 33.6 Å². The van der Waals surface area contributed by atoms with Gasteiger partial charge in [0.1, 0.15) is 31.3 Å². The van der Waals surface area contributed by atoms with Crippen molar-refractivity contribution >= 4 is 41.4 Å². The lowest BCUT2D eigenvalue weighted by atomic mass is 10.0. The van der Waals surface area contributed by atoms with E-state index in [2.05, 4.69) is 55.7 Å². The summed E-state index contributed by atoms with van der Waals surface area (Å²) in [7, 11) is 0. The van der Waals surface area contributed by atoms with Gasteiger partial charge in [0, 0.05) is 49.9 Å². The number of hydrogen-bond donors (Lipinski definition) is 8. The molecule has 0 aliphatic heterocycles. The fourth-order valence-electron chi connectivity index (χ4n) is 5.11. The van der Waals surface area contributed by atoms with Crippen LogP contribution in [0.2, 0.25) is 0 Å². The normalized spacial score (nSPS) is 13.0. The van der Waals surface area contributed by atoms with Gasteiger partial charge in [0.15, 0.2) is 0 Å². The van der Waals surface area contributed by atoms with Gasteiger partial charge in [-0.15, -0.1) is 0 Å². The van der Waals surface area contributed by atoms with Crippen LogP contribution in [-0.4, -0.2) is 151 Å². The maximum absolute atomic E-state index is 13.3. The second-order valence-electron chi connectivity index (χ2n) is 15.4. The first-order valence-electron chi connectivity index (χ1n) is 20.7. The summed E-state index contributed by atoms with van der Waals surface area (Å²) in [6.07, 6.45) is 1.57. The van der Waals surface area contributed by atoms with Crippen LogP contribution in [0.15, 0.2) is 24.3 Å². The van der Waals surface area contributed by atoms with Crippen molar-refractivity contribution in [3.05, 3.63) is 24.3 Å². The molecule has 4 unspecified atom stereocenters. The molecule has 0 aromatic rings. The molecule has 0 saturated heterocycles. The SMILES string of the molecule is C=C(C)C(=O)NCCCNC(=O)COCCOCCNCC(CC(C)C)NC(=O)C(C)NC(=O)C(CC(C)C)NC(=O)C(C)NC(=O)COCCOCCNC(=O)C(=C)C. The molecule has 0 aromatic carbocycles. The molecule has 0 saturated carbocycles. The summed E-state index contributed by atoms with van der Waals surface area (Å²) in [5, 5.41) is 22.3. The molecule has 19 nitrogen and oxygen atoms in total. The molecular formula is C41H74N8O11. The van der Waals surface area contributed by atoms with Gasteiger partial charge in [-0.05, 0) is 58.8 Å². The van der Waals surface area contributed by atoms with Gasteiger partial charge in [-0.25, -0.2) is 0 Å². The lowest BCUT2D eigenvalue weighted by Crippen LogP contribution is -2.57. The smallest absolute Gasteiger partial charge is 0.246 e. The van der Waals surface area contributed by atoms with Gasteiger partial charge in [0.2, 0.25) is 41.4 Å². The summed E-state index contributed by atoms with van der Waals surface area (Å²) in [4.78, 5) is 86.7. The van der Waals surface area contributed by atoms with E-state index < -0.39 is 35.8 Å². The third kappa shape index (κ3) is 29.7. The van der Waals surface area contributed by atoms with Gasteiger partial charge < -0.3 is 61.5 Å². The summed E-state index contributed by atoms with van der Waals surface area (Å²) < 4.78 is 21.6. The molecule has 4 atom stereocenters. The van der Waals surface area contributed by atoms with Gasteiger partial charge in [-0.1, -0.05) is 40.9 Å². The predicted molar refractivity (Wildman–Crippen MR) is 227 cm³/mol. The third-order valence-corrected chi connectivity index (χ3v) is 8.26. The molecule has 8 N–H and O–H groups in total. The Bertz CT molecular complexity index is 1360. The van der Waals surface area contributed by atoms with E-state index in [0.29, 0.717) is 76.3 Å². The minimum absolute atomic E-state index is 0.0309. The molecule has 344 valence electrons. The minimum atomic E-state index is -0.967. The zero-order valence-electron chi connectivity index (χ0n) is 37.2. The van der Waals surface area contributed by atoms with Crippen LogP contribution in [0, 0.1) is 11.8 Å². The van der Waals surface area contributed by atoms with Gasteiger partial charge >= 0.3 is 0 Å². The molecule has 0 radical (unpaired) electrons. The zero-order valence-corrected chi connectivity index (χ0v) is 37.2. The van der Waals surface area contributed by atoms with Gasteiger partial charge in [-0.2, -0.15) is 0 Å². The number of carbonyl (C=O) groups excluding carboxylic acids is 7. The summed E-state index contributed by atoms with van der Waals surface area (Å²) in [5.41, 5.74) is 0.830. The topological polar surface area (TPSA) is 253 Å². The van der Waals surface area contributed by atoms with E-state index >= 15 is 0 Å². The molecule has 0 aliphatic carbocycles. The monoisotopic (exact) mass is 855 g/mol. The van der Waals surface area contributed by atoms with Crippen LogP contribution in [0.5, 0.6) is 0 Å². The highest BCUT2D eigenvalue weighted by atomic mass is 16.5. The number of amides is 7. The van der Waals surface area contributed by atoms with Crippen molar-refractivity contribution in [3.63, 3.8) is 0 Å². The zero-order chi connectivity index (χ0) is 45.5. The van der Waals surface area contributed by atoms with Crippen molar-refractivity contribution in [2.24, 2.45) is 11.8 Å². The molecule has 0 fully saturated rings. The van der Waals surface area contributed by atoms with Crippen molar-refractivity contribution in [3.8, 4) is 0 Å². The van der Waals surface area contributed by atoms with Crippen LogP contribution in [0.4, 0.5) is 0 Å². The Kier molecular flexibility index (Phi) is 30.8. The number of nitrogens with one attached hydrogen (secondary N) is 8. The first-order valence-corrected chi connectivity index (χ1v) is 20.7. The largest absolute Gasteiger partial charge is 0.378 e. The quantitative estimate of drug-likeness (QED) is 0.0300. The molecule has 0 rings (SSSR count). The van der Waals surface area contributed by atoms with Crippen molar-refractivity contribution in [2.45, 2.75) is 98.8 Å². The lowest BCUT2D eigenvalue weighted by Gasteiger charge is -2.26. The molecule has 0 aromatic heterocycles. The molecule has 0 spiro atoms. The summed E-state index contributed by atoms with van der Waals surface area (Å²) >= 11 is 0. The maximum Gasteiger partial charge on any atom is 0.246 e. The summed E-state index contributed by atoms with van der Waals surface area (Å²) in [6.45, 7) is 24.5. The van der Waals surface area contributed by atoms with E-state index in [1.807, 2.05) is 27.7 Å². The predicted octanol–water partition coefficient (Wildman–Crippen LogP) is -0.396. The fraction of sp³-hybridized carbons (Fsp3) is 0.732. The summed E-state index contributed by atoms with van der Waals surface area (Å²) in [5.74, 6) is -2.42.